The average molecular weight is 455 g/mol. The van der Waals surface area contributed by atoms with Crippen LogP contribution >= 0.6 is 0 Å². The van der Waals surface area contributed by atoms with Crippen molar-refractivity contribution in [2.24, 2.45) is 0 Å². The van der Waals surface area contributed by atoms with Crippen LogP contribution in [-0.2, 0) is 0 Å². The van der Waals surface area contributed by atoms with Crippen molar-refractivity contribution < 1.29 is 13.5 Å². The molecule has 4 aromatic carbocycles. The Balaban J connectivity index is 1.79. The maximum atomic E-state index is 15.2. The zero-order chi connectivity index (χ0) is 24.0. The van der Waals surface area contributed by atoms with Crippen LogP contribution in [0.1, 0.15) is 5.56 Å². The summed E-state index contributed by atoms with van der Waals surface area (Å²) in [5.41, 5.74) is -1.09. The minimum Gasteiger partial charge on any atom is -0.494 e. The second kappa shape index (κ2) is 7.98. The van der Waals surface area contributed by atoms with Crippen LogP contribution < -0.4 is 16.0 Å². The van der Waals surface area contributed by atoms with Crippen LogP contribution in [0.4, 0.5) is 8.78 Å². The van der Waals surface area contributed by atoms with Gasteiger partial charge in [-0.1, -0.05) is 36.4 Å². The van der Waals surface area contributed by atoms with Gasteiger partial charge in [-0.2, -0.15) is 5.26 Å². The Morgan fingerprint density at radius 1 is 0.912 bits per heavy atom. The Morgan fingerprint density at radius 3 is 2.44 bits per heavy atom. The molecule has 0 amide bonds. The van der Waals surface area contributed by atoms with Crippen molar-refractivity contribution in [3.05, 3.63) is 105 Å². The largest absolute Gasteiger partial charge is 0.494 e. The van der Waals surface area contributed by atoms with Gasteiger partial charge in [0.05, 0.1) is 35.3 Å². The van der Waals surface area contributed by atoms with Gasteiger partial charge in [0.2, 0.25) is 0 Å². The number of hydrogen-bond donors (Lipinski definition) is 1. The van der Waals surface area contributed by atoms with Gasteiger partial charge in [0.25, 0.3) is 5.56 Å². The second-order valence-corrected chi connectivity index (χ2v) is 7.59. The lowest BCUT2D eigenvalue weighted by Crippen LogP contribution is -2.33. The summed E-state index contributed by atoms with van der Waals surface area (Å²) >= 11 is 0. The number of ether oxygens (including phenoxy) is 1. The van der Waals surface area contributed by atoms with Crippen molar-refractivity contribution in [2.75, 3.05) is 7.11 Å². The van der Waals surface area contributed by atoms with Gasteiger partial charge in [0, 0.05) is 16.5 Å². The van der Waals surface area contributed by atoms with E-state index in [9.17, 15) is 19.2 Å². The first-order valence-corrected chi connectivity index (χ1v) is 10.2. The SMILES string of the molecule is COc1cc(-c2cc3[nH]c(=O)n(-c4cccc5ccccc45)c(=O)c3cc2F)c(C#N)cc1F. The fourth-order valence-electron chi connectivity index (χ4n) is 4.09. The molecule has 0 spiro atoms. The molecule has 0 fully saturated rings. The zero-order valence-electron chi connectivity index (χ0n) is 17.7. The van der Waals surface area contributed by atoms with Crippen LogP contribution in [0.3, 0.4) is 0 Å². The average Bonchev–Trinajstić information content (AvgIpc) is 2.84. The standard InChI is InChI=1S/C26H15F2N3O3/c1-34-24-12-17(15(13-29)9-21(24)28)18-11-22-19(10-20(18)27)25(32)31(26(33)30-22)23-8-4-6-14-5-2-3-7-16(14)23/h2-12H,1H3,(H,30,33). The molecule has 0 aliphatic heterocycles. The third-order valence-electron chi connectivity index (χ3n) is 5.70. The number of aromatic amines is 1. The van der Waals surface area contributed by atoms with Gasteiger partial charge in [-0.05, 0) is 35.7 Å². The molecule has 0 atom stereocenters. The third-order valence-corrected chi connectivity index (χ3v) is 5.70. The maximum Gasteiger partial charge on any atom is 0.333 e. The number of halogens is 2. The first-order valence-electron chi connectivity index (χ1n) is 10.2. The molecule has 0 aliphatic carbocycles. The van der Waals surface area contributed by atoms with Crippen LogP contribution in [0.15, 0.2) is 76.3 Å². The number of hydrogen-bond acceptors (Lipinski definition) is 4. The number of benzene rings is 4. The second-order valence-electron chi connectivity index (χ2n) is 7.59. The van der Waals surface area contributed by atoms with Gasteiger partial charge in [-0.3, -0.25) is 4.79 Å². The molecule has 5 rings (SSSR count). The first kappa shape index (κ1) is 21.1. The summed E-state index contributed by atoms with van der Waals surface area (Å²) in [6, 6.07) is 18.7. The highest BCUT2D eigenvalue weighted by Gasteiger charge is 2.19. The van der Waals surface area contributed by atoms with Crippen LogP contribution in [0.25, 0.3) is 38.5 Å². The Labute approximate surface area is 190 Å². The molecular weight excluding hydrogens is 440 g/mol. The predicted octanol–water partition coefficient (Wildman–Crippen LogP) is 4.66. The molecule has 0 saturated carbocycles. The summed E-state index contributed by atoms with van der Waals surface area (Å²) in [6.07, 6.45) is 0. The molecule has 8 heteroatoms. The molecule has 0 saturated heterocycles. The summed E-state index contributed by atoms with van der Waals surface area (Å²) in [7, 11) is 1.25. The molecule has 5 aromatic rings. The monoisotopic (exact) mass is 455 g/mol. The number of aromatic nitrogens is 2. The number of nitrogens with zero attached hydrogens (tertiary/aromatic N) is 2. The van der Waals surface area contributed by atoms with E-state index < -0.39 is 22.9 Å². The fraction of sp³-hybridized carbons (Fsp3) is 0.0385. The smallest absolute Gasteiger partial charge is 0.333 e. The summed E-state index contributed by atoms with van der Waals surface area (Å²) in [4.78, 5) is 28.9. The Kier molecular flexibility index (Phi) is 4.95. The van der Waals surface area contributed by atoms with Gasteiger partial charge in [-0.15, -0.1) is 0 Å². The minimum atomic E-state index is -0.814. The number of nitriles is 1. The van der Waals surface area contributed by atoms with E-state index in [2.05, 4.69) is 4.98 Å². The topological polar surface area (TPSA) is 87.9 Å². The highest BCUT2D eigenvalue weighted by molar-refractivity contribution is 5.91. The van der Waals surface area contributed by atoms with E-state index in [1.165, 1.54) is 19.2 Å². The van der Waals surface area contributed by atoms with Crippen molar-refractivity contribution in [2.45, 2.75) is 0 Å². The van der Waals surface area contributed by atoms with Crippen molar-refractivity contribution in [3.63, 3.8) is 0 Å². The summed E-state index contributed by atoms with van der Waals surface area (Å²) < 4.78 is 35.2. The van der Waals surface area contributed by atoms with Gasteiger partial charge in [-0.25, -0.2) is 18.1 Å². The van der Waals surface area contributed by atoms with Crippen molar-refractivity contribution in [1.29, 1.82) is 5.26 Å². The lowest BCUT2D eigenvalue weighted by Gasteiger charge is -2.12. The van der Waals surface area contributed by atoms with Crippen LogP contribution in [-0.4, -0.2) is 16.7 Å². The summed E-state index contributed by atoms with van der Waals surface area (Å²) in [6.45, 7) is 0. The number of nitrogens with one attached hydrogen (secondary N) is 1. The van der Waals surface area contributed by atoms with Gasteiger partial charge in [0.1, 0.15) is 5.82 Å². The minimum absolute atomic E-state index is 0.0543. The lowest BCUT2D eigenvalue weighted by molar-refractivity contribution is 0.386. The number of H-pyrrole nitrogens is 1. The molecule has 0 radical (unpaired) electrons. The Hall–Kier alpha value is -4.77. The third kappa shape index (κ3) is 3.22. The first-order chi connectivity index (χ1) is 16.4. The molecule has 166 valence electrons. The normalized spacial score (nSPS) is 11.0. The molecule has 1 aromatic heterocycles. The molecule has 6 nitrogen and oxygen atoms in total. The van der Waals surface area contributed by atoms with E-state index in [1.807, 2.05) is 24.3 Å². The summed E-state index contributed by atoms with van der Waals surface area (Å²) in [5, 5.41) is 10.9. The Bertz CT molecular complexity index is 1780. The molecular formula is C26H15F2N3O3. The predicted molar refractivity (Wildman–Crippen MR) is 124 cm³/mol. The van der Waals surface area contributed by atoms with E-state index in [-0.39, 0.29) is 33.3 Å². The lowest BCUT2D eigenvalue weighted by atomic mass is 9.98. The van der Waals surface area contributed by atoms with Gasteiger partial charge >= 0.3 is 5.69 Å². The van der Waals surface area contributed by atoms with Gasteiger partial charge < -0.3 is 9.72 Å². The number of methoxy groups -OCH3 is 1. The van der Waals surface area contributed by atoms with E-state index >= 15 is 4.39 Å². The number of rotatable bonds is 3. The quantitative estimate of drug-likeness (QED) is 0.429. The zero-order valence-corrected chi connectivity index (χ0v) is 17.7. The van der Waals surface area contributed by atoms with Crippen molar-refractivity contribution in [3.8, 4) is 28.6 Å². The molecule has 1 heterocycles. The van der Waals surface area contributed by atoms with Crippen LogP contribution in [0, 0.1) is 23.0 Å². The van der Waals surface area contributed by atoms with Crippen LogP contribution in [0.5, 0.6) is 5.75 Å². The van der Waals surface area contributed by atoms with E-state index in [1.54, 1.807) is 24.3 Å². The molecule has 1 N–H and O–H groups in total. The fourth-order valence-corrected chi connectivity index (χ4v) is 4.09. The molecule has 0 unspecified atom stereocenters. The van der Waals surface area contributed by atoms with Crippen molar-refractivity contribution >= 4 is 21.7 Å². The summed E-state index contributed by atoms with van der Waals surface area (Å²) in [5.74, 6) is -1.75. The van der Waals surface area contributed by atoms with Crippen molar-refractivity contribution in [1.82, 2.24) is 9.55 Å². The van der Waals surface area contributed by atoms with E-state index in [0.717, 1.165) is 22.1 Å². The maximum absolute atomic E-state index is 15.2. The van der Waals surface area contributed by atoms with E-state index in [4.69, 9.17) is 4.74 Å². The Morgan fingerprint density at radius 2 is 1.68 bits per heavy atom. The molecule has 0 aliphatic rings. The number of fused-ring (bicyclic) bond motifs is 2. The van der Waals surface area contributed by atoms with E-state index in [0.29, 0.717) is 11.1 Å². The highest BCUT2D eigenvalue weighted by Crippen LogP contribution is 2.33. The van der Waals surface area contributed by atoms with Gasteiger partial charge in [0.15, 0.2) is 11.6 Å². The van der Waals surface area contributed by atoms with Crippen LogP contribution in [0.2, 0.25) is 0 Å². The molecule has 34 heavy (non-hydrogen) atoms. The molecule has 0 bridgehead atoms. The highest BCUT2D eigenvalue weighted by atomic mass is 19.1.